The van der Waals surface area contributed by atoms with Crippen molar-refractivity contribution >= 4 is 28.9 Å². The molecule has 0 atom stereocenters. The normalized spacial score (nSPS) is 10.9. The average Bonchev–Trinajstić information content (AvgIpc) is 3.04. The van der Waals surface area contributed by atoms with Crippen LogP contribution in [0.5, 0.6) is 0 Å². The fourth-order valence-corrected chi connectivity index (χ4v) is 3.35. The van der Waals surface area contributed by atoms with Gasteiger partial charge in [-0.2, -0.15) is 0 Å². The topological polar surface area (TPSA) is 83.0 Å². The van der Waals surface area contributed by atoms with Gasteiger partial charge >= 0.3 is 6.03 Å². The highest BCUT2D eigenvalue weighted by atomic mass is 32.1. The number of carbonyl (C=O) groups is 1. The second-order valence-corrected chi connectivity index (χ2v) is 7.41. The van der Waals surface area contributed by atoms with Crippen molar-refractivity contribution in [2.45, 2.75) is 20.4 Å². The molecule has 0 fully saturated rings. The fourth-order valence-electron chi connectivity index (χ4n) is 2.50. The number of amides is 2. The lowest BCUT2D eigenvalue weighted by atomic mass is 10.1. The van der Waals surface area contributed by atoms with Crippen molar-refractivity contribution in [1.82, 2.24) is 19.9 Å². The van der Waals surface area contributed by atoms with Crippen molar-refractivity contribution in [3.05, 3.63) is 52.9 Å². The van der Waals surface area contributed by atoms with Crippen LogP contribution in [0.25, 0.3) is 10.6 Å². The summed E-state index contributed by atoms with van der Waals surface area (Å²) in [6.45, 7) is 4.60. The van der Waals surface area contributed by atoms with Crippen LogP contribution < -0.4 is 10.6 Å². The second-order valence-electron chi connectivity index (χ2n) is 6.55. The van der Waals surface area contributed by atoms with Crippen LogP contribution in [0.4, 0.5) is 16.3 Å². The van der Waals surface area contributed by atoms with Crippen LogP contribution in [-0.2, 0) is 6.54 Å². The van der Waals surface area contributed by atoms with Crippen molar-refractivity contribution in [3.8, 4) is 10.6 Å². The Hall–Kier alpha value is -2.84. The molecular formula is C19H22N6OS. The van der Waals surface area contributed by atoms with Gasteiger partial charge < -0.3 is 10.2 Å². The third-order valence-corrected chi connectivity index (χ3v) is 4.63. The number of hydrogen-bond donors (Lipinski definition) is 2. The molecule has 0 spiro atoms. The molecule has 0 aliphatic rings. The van der Waals surface area contributed by atoms with E-state index in [9.17, 15) is 4.79 Å². The number of benzene rings is 1. The smallest absolute Gasteiger partial charge is 0.307 e. The summed E-state index contributed by atoms with van der Waals surface area (Å²) in [5, 5.41) is 8.52. The molecule has 0 unspecified atom stereocenters. The van der Waals surface area contributed by atoms with E-state index in [-0.39, 0.29) is 6.03 Å². The van der Waals surface area contributed by atoms with Gasteiger partial charge in [0, 0.05) is 17.5 Å². The summed E-state index contributed by atoms with van der Waals surface area (Å²) in [5.41, 5.74) is 4.44. The number of anilines is 2. The van der Waals surface area contributed by atoms with Crippen molar-refractivity contribution in [3.63, 3.8) is 0 Å². The number of aryl methyl sites for hydroxylation is 2. The Balaban J connectivity index is 1.80. The van der Waals surface area contributed by atoms with Crippen molar-refractivity contribution in [1.29, 1.82) is 0 Å². The average molecular weight is 382 g/mol. The predicted octanol–water partition coefficient (Wildman–Crippen LogP) is 3.92. The minimum Gasteiger partial charge on any atom is -0.307 e. The monoisotopic (exact) mass is 382 g/mol. The highest BCUT2D eigenvalue weighted by Crippen LogP contribution is 2.31. The summed E-state index contributed by atoms with van der Waals surface area (Å²) < 4.78 is 0. The van der Waals surface area contributed by atoms with E-state index in [4.69, 9.17) is 4.98 Å². The summed E-state index contributed by atoms with van der Waals surface area (Å²) in [6, 6.07) is 5.55. The van der Waals surface area contributed by atoms with Gasteiger partial charge in [0.15, 0.2) is 5.82 Å². The Kier molecular flexibility index (Phi) is 5.78. The maximum atomic E-state index is 12.4. The van der Waals surface area contributed by atoms with Crippen LogP contribution in [0.15, 0.2) is 36.0 Å². The van der Waals surface area contributed by atoms with Crippen LogP contribution in [-0.4, -0.2) is 40.0 Å². The Morgan fingerprint density at radius 2 is 1.96 bits per heavy atom. The van der Waals surface area contributed by atoms with Crippen LogP contribution in [0, 0.1) is 13.8 Å². The van der Waals surface area contributed by atoms with E-state index >= 15 is 0 Å². The summed E-state index contributed by atoms with van der Waals surface area (Å²) in [4.78, 5) is 27.4. The van der Waals surface area contributed by atoms with Gasteiger partial charge in [0.2, 0.25) is 0 Å². The number of urea groups is 1. The Labute approximate surface area is 162 Å². The fraction of sp³-hybridized carbons (Fsp3) is 0.263. The number of rotatable bonds is 5. The third-order valence-electron chi connectivity index (χ3n) is 3.71. The highest BCUT2D eigenvalue weighted by molar-refractivity contribution is 7.13. The Morgan fingerprint density at radius 3 is 2.67 bits per heavy atom. The van der Waals surface area contributed by atoms with E-state index in [2.05, 4.69) is 25.5 Å². The molecule has 2 heterocycles. The molecule has 0 saturated heterocycles. The van der Waals surface area contributed by atoms with E-state index < -0.39 is 0 Å². The van der Waals surface area contributed by atoms with Gasteiger partial charge in [-0.1, -0.05) is 6.07 Å². The molecule has 1 aromatic carbocycles. The molecule has 2 amide bonds. The number of nitrogens with one attached hydrogen (secondary N) is 2. The van der Waals surface area contributed by atoms with Crippen molar-refractivity contribution < 1.29 is 4.79 Å². The van der Waals surface area contributed by atoms with E-state index in [0.29, 0.717) is 11.5 Å². The molecule has 3 rings (SSSR count). The minimum absolute atomic E-state index is 0.370. The molecule has 0 aliphatic carbocycles. The first-order valence-corrected chi connectivity index (χ1v) is 9.35. The zero-order chi connectivity index (χ0) is 19.4. The van der Waals surface area contributed by atoms with Crippen LogP contribution in [0.1, 0.15) is 17.0 Å². The van der Waals surface area contributed by atoms with Crippen molar-refractivity contribution in [2.75, 3.05) is 24.7 Å². The highest BCUT2D eigenvalue weighted by Gasteiger charge is 2.13. The zero-order valence-electron chi connectivity index (χ0n) is 15.8. The quantitative estimate of drug-likeness (QED) is 0.699. The first-order valence-electron chi connectivity index (χ1n) is 8.47. The summed E-state index contributed by atoms with van der Waals surface area (Å²) in [5.74, 6) is 0.398. The van der Waals surface area contributed by atoms with E-state index in [1.54, 1.807) is 17.5 Å². The molecule has 2 aromatic heterocycles. The van der Waals surface area contributed by atoms with Gasteiger partial charge in [-0.3, -0.25) is 10.3 Å². The second kappa shape index (κ2) is 8.24. The molecule has 3 aromatic rings. The number of hydrogen-bond acceptors (Lipinski definition) is 6. The summed E-state index contributed by atoms with van der Waals surface area (Å²) >= 11 is 1.57. The standard InChI is InChI=1S/C19H22N6OS/c1-12-5-6-15(18-22-14(11-27-18)10-25(3)4)16(7-12)23-19(26)24-17-9-20-13(2)8-21-17/h5-9,11H,10H2,1-4H3,(H2,21,23,24,26). The van der Waals surface area contributed by atoms with Crippen LogP contribution >= 0.6 is 11.3 Å². The maximum absolute atomic E-state index is 12.4. The molecule has 7 nitrogen and oxygen atoms in total. The molecule has 0 bridgehead atoms. The molecule has 0 radical (unpaired) electrons. The lowest BCUT2D eigenvalue weighted by molar-refractivity contribution is 0.262. The van der Waals surface area contributed by atoms with Gasteiger partial charge in [0.05, 0.1) is 29.5 Å². The lowest BCUT2D eigenvalue weighted by Crippen LogP contribution is -2.20. The molecule has 0 aliphatic heterocycles. The number of carbonyl (C=O) groups excluding carboxylic acids is 1. The van der Waals surface area contributed by atoms with Gasteiger partial charge in [-0.25, -0.2) is 14.8 Å². The van der Waals surface area contributed by atoms with E-state index in [1.807, 2.05) is 51.5 Å². The zero-order valence-corrected chi connectivity index (χ0v) is 16.6. The van der Waals surface area contributed by atoms with Crippen LogP contribution in [0.3, 0.4) is 0 Å². The number of nitrogens with zero attached hydrogens (tertiary/aromatic N) is 4. The molecule has 8 heteroatoms. The summed E-state index contributed by atoms with van der Waals surface area (Å²) in [6.07, 6.45) is 3.13. The van der Waals surface area contributed by atoms with E-state index in [1.165, 1.54) is 6.20 Å². The largest absolute Gasteiger partial charge is 0.324 e. The molecule has 0 saturated carbocycles. The molecular weight excluding hydrogens is 360 g/mol. The first-order chi connectivity index (χ1) is 12.9. The van der Waals surface area contributed by atoms with Gasteiger partial charge in [-0.15, -0.1) is 11.3 Å². The van der Waals surface area contributed by atoms with Gasteiger partial charge in [0.25, 0.3) is 0 Å². The Morgan fingerprint density at radius 1 is 1.15 bits per heavy atom. The summed E-state index contributed by atoms with van der Waals surface area (Å²) in [7, 11) is 4.02. The molecule has 2 N–H and O–H groups in total. The minimum atomic E-state index is -0.370. The van der Waals surface area contributed by atoms with E-state index in [0.717, 1.165) is 34.1 Å². The van der Waals surface area contributed by atoms with Crippen molar-refractivity contribution in [2.24, 2.45) is 0 Å². The third kappa shape index (κ3) is 5.08. The number of thiazole rings is 1. The van der Waals surface area contributed by atoms with Gasteiger partial charge in [0.1, 0.15) is 5.01 Å². The SMILES string of the molecule is Cc1ccc(-c2nc(CN(C)C)cs2)c(NC(=O)Nc2cnc(C)cn2)c1. The number of aromatic nitrogens is 3. The molecule has 27 heavy (non-hydrogen) atoms. The first kappa shape index (κ1) is 18.9. The van der Waals surface area contributed by atoms with Crippen LogP contribution in [0.2, 0.25) is 0 Å². The lowest BCUT2D eigenvalue weighted by Gasteiger charge is -2.11. The predicted molar refractivity (Wildman–Crippen MR) is 109 cm³/mol. The molecule has 140 valence electrons. The van der Waals surface area contributed by atoms with Gasteiger partial charge in [-0.05, 0) is 45.6 Å². The maximum Gasteiger partial charge on any atom is 0.324 e. The Bertz CT molecular complexity index is 936.